The van der Waals surface area contributed by atoms with E-state index in [2.05, 4.69) is 0 Å². The molecule has 1 N–H and O–H groups in total. The van der Waals surface area contributed by atoms with Crippen LogP contribution in [0.3, 0.4) is 0 Å². The second-order valence-electron chi connectivity index (χ2n) is 3.62. The summed E-state index contributed by atoms with van der Waals surface area (Å²) in [5.41, 5.74) is 0. The van der Waals surface area contributed by atoms with Gasteiger partial charge in [0.2, 0.25) is 11.8 Å². The molecule has 0 unspecified atom stereocenters. The molecule has 0 radical (unpaired) electrons. The molecule has 1 rings (SSSR count). The van der Waals surface area contributed by atoms with Gasteiger partial charge in [-0.2, -0.15) is 0 Å². The van der Waals surface area contributed by atoms with Gasteiger partial charge in [0.05, 0.1) is 5.76 Å². The van der Waals surface area contributed by atoms with Gasteiger partial charge in [-0.1, -0.05) is 0 Å². The van der Waals surface area contributed by atoms with Crippen LogP contribution in [-0.2, 0) is 9.59 Å². The molecule has 84 valence electrons. The van der Waals surface area contributed by atoms with Crippen LogP contribution in [0, 0.1) is 0 Å². The minimum atomic E-state index is -0.196. The number of rotatable bonds is 1. The van der Waals surface area contributed by atoms with Gasteiger partial charge in [-0.05, 0) is 6.92 Å². The van der Waals surface area contributed by atoms with Gasteiger partial charge in [0, 0.05) is 39.2 Å². The smallest absolute Gasteiger partial charge is 0.250 e. The number of aliphatic hydroxyl groups is 1. The van der Waals surface area contributed by atoms with Crippen molar-refractivity contribution in [2.24, 2.45) is 0 Å². The standard InChI is InChI=1S/C10H16N2O3/c1-8(13)7-10(15)12-5-3-11(4-6-12)9(2)14/h7,13H,3-6H2,1-2H3. The summed E-state index contributed by atoms with van der Waals surface area (Å²) in [6, 6.07) is 0. The molecular formula is C10H16N2O3. The van der Waals surface area contributed by atoms with Crippen molar-refractivity contribution in [3.8, 4) is 0 Å². The summed E-state index contributed by atoms with van der Waals surface area (Å²) in [6.45, 7) is 5.18. The molecule has 5 nitrogen and oxygen atoms in total. The number of carbonyl (C=O) groups excluding carboxylic acids is 2. The normalized spacial score (nSPS) is 17.9. The van der Waals surface area contributed by atoms with Crippen molar-refractivity contribution in [2.75, 3.05) is 26.2 Å². The summed E-state index contributed by atoms with van der Waals surface area (Å²) in [6.07, 6.45) is 1.20. The Balaban J connectivity index is 2.47. The summed E-state index contributed by atoms with van der Waals surface area (Å²) >= 11 is 0. The Hall–Kier alpha value is -1.52. The first-order valence-corrected chi connectivity index (χ1v) is 4.92. The van der Waals surface area contributed by atoms with Gasteiger partial charge >= 0.3 is 0 Å². The van der Waals surface area contributed by atoms with Crippen molar-refractivity contribution in [1.29, 1.82) is 0 Å². The molecule has 0 atom stereocenters. The molecule has 1 aliphatic rings. The topological polar surface area (TPSA) is 60.9 Å². The lowest BCUT2D eigenvalue weighted by atomic mass is 10.3. The highest BCUT2D eigenvalue weighted by Gasteiger charge is 2.20. The lowest BCUT2D eigenvalue weighted by Crippen LogP contribution is -2.49. The molecule has 1 fully saturated rings. The third-order valence-electron chi connectivity index (χ3n) is 2.37. The molecular weight excluding hydrogens is 196 g/mol. The van der Waals surface area contributed by atoms with Crippen molar-refractivity contribution in [2.45, 2.75) is 13.8 Å². The molecule has 0 bridgehead atoms. The molecule has 5 heteroatoms. The van der Waals surface area contributed by atoms with Crippen LogP contribution in [-0.4, -0.2) is 52.9 Å². The van der Waals surface area contributed by atoms with E-state index < -0.39 is 0 Å². The van der Waals surface area contributed by atoms with E-state index in [1.165, 1.54) is 19.9 Å². The number of hydrogen-bond donors (Lipinski definition) is 1. The third kappa shape index (κ3) is 3.27. The van der Waals surface area contributed by atoms with E-state index in [1.807, 2.05) is 0 Å². The number of nitrogens with zero attached hydrogens (tertiary/aromatic N) is 2. The number of allylic oxidation sites excluding steroid dienone is 1. The molecule has 0 aliphatic carbocycles. The number of aliphatic hydroxyl groups excluding tert-OH is 1. The van der Waals surface area contributed by atoms with Gasteiger partial charge in [0.25, 0.3) is 0 Å². The maximum atomic E-state index is 11.5. The lowest BCUT2D eigenvalue weighted by molar-refractivity contribution is -0.135. The van der Waals surface area contributed by atoms with Crippen LogP contribution in [0.2, 0.25) is 0 Å². The van der Waals surface area contributed by atoms with Gasteiger partial charge in [-0.3, -0.25) is 9.59 Å². The van der Waals surface area contributed by atoms with Crippen molar-refractivity contribution < 1.29 is 14.7 Å². The summed E-state index contributed by atoms with van der Waals surface area (Å²) in [4.78, 5) is 25.8. The highest BCUT2D eigenvalue weighted by molar-refractivity contribution is 5.88. The van der Waals surface area contributed by atoms with Crippen molar-refractivity contribution in [1.82, 2.24) is 9.80 Å². The molecule has 0 spiro atoms. The Morgan fingerprint density at radius 2 is 1.53 bits per heavy atom. The quantitative estimate of drug-likeness (QED) is 0.497. The highest BCUT2D eigenvalue weighted by atomic mass is 16.3. The predicted octanol–water partition coefficient (Wildman–Crippen LogP) is 0.139. The number of piperazine rings is 1. The highest BCUT2D eigenvalue weighted by Crippen LogP contribution is 2.03. The van der Waals surface area contributed by atoms with Crippen LogP contribution in [0.25, 0.3) is 0 Å². The Morgan fingerprint density at radius 1 is 1.07 bits per heavy atom. The molecule has 15 heavy (non-hydrogen) atoms. The zero-order valence-electron chi connectivity index (χ0n) is 9.06. The maximum Gasteiger partial charge on any atom is 0.250 e. The fourth-order valence-corrected chi connectivity index (χ4v) is 1.51. The van der Waals surface area contributed by atoms with E-state index in [9.17, 15) is 9.59 Å². The minimum Gasteiger partial charge on any atom is -0.512 e. The van der Waals surface area contributed by atoms with E-state index >= 15 is 0 Å². The molecule has 1 aliphatic heterocycles. The van der Waals surface area contributed by atoms with Gasteiger partial charge < -0.3 is 14.9 Å². The summed E-state index contributed by atoms with van der Waals surface area (Å²) in [5, 5.41) is 8.94. The zero-order chi connectivity index (χ0) is 11.4. The molecule has 0 aromatic heterocycles. The van der Waals surface area contributed by atoms with E-state index in [4.69, 9.17) is 5.11 Å². The fourth-order valence-electron chi connectivity index (χ4n) is 1.51. The molecule has 2 amide bonds. The van der Waals surface area contributed by atoms with Gasteiger partial charge in [-0.15, -0.1) is 0 Å². The second-order valence-corrected chi connectivity index (χ2v) is 3.62. The van der Waals surface area contributed by atoms with E-state index in [1.54, 1.807) is 9.80 Å². The Kier molecular flexibility index (Phi) is 3.71. The van der Waals surface area contributed by atoms with Crippen LogP contribution < -0.4 is 0 Å². The Bertz CT molecular complexity index is 287. The average Bonchev–Trinajstić information content (AvgIpc) is 2.17. The first-order chi connectivity index (χ1) is 7.00. The number of hydrogen-bond acceptors (Lipinski definition) is 3. The van der Waals surface area contributed by atoms with Gasteiger partial charge in [-0.25, -0.2) is 0 Å². The monoisotopic (exact) mass is 212 g/mol. The van der Waals surface area contributed by atoms with Gasteiger partial charge in [0.15, 0.2) is 0 Å². The molecule has 0 aromatic carbocycles. The van der Waals surface area contributed by atoms with Gasteiger partial charge in [0.1, 0.15) is 0 Å². The van der Waals surface area contributed by atoms with Crippen molar-refractivity contribution >= 4 is 11.8 Å². The zero-order valence-corrected chi connectivity index (χ0v) is 9.06. The Morgan fingerprint density at radius 3 is 1.93 bits per heavy atom. The molecule has 0 saturated carbocycles. The molecule has 0 aromatic rings. The van der Waals surface area contributed by atoms with E-state index in [0.29, 0.717) is 26.2 Å². The molecule has 1 saturated heterocycles. The van der Waals surface area contributed by atoms with E-state index in [0.717, 1.165) is 0 Å². The second kappa shape index (κ2) is 4.82. The van der Waals surface area contributed by atoms with Crippen LogP contribution in [0.15, 0.2) is 11.8 Å². The first kappa shape index (κ1) is 11.6. The van der Waals surface area contributed by atoms with Crippen LogP contribution in [0.1, 0.15) is 13.8 Å². The third-order valence-corrected chi connectivity index (χ3v) is 2.37. The van der Waals surface area contributed by atoms with Crippen molar-refractivity contribution in [3.63, 3.8) is 0 Å². The fraction of sp³-hybridized carbons (Fsp3) is 0.600. The molecule has 1 heterocycles. The SMILES string of the molecule is CC(=O)N1CCN(C(=O)C=C(C)O)CC1. The van der Waals surface area contributed by atoms with Crippen LogP contribution >= 0.6 is 0 Å². The minimum absolute atomic E-state index is 0.00833. The first-order valence-electron chi connectivity index (χ1n) is 4.92. The summed E-state index contributed by atoms with van der Waals surface area (Å²) in [7, 11) is 0. The van der Waals surface area contributed by atoms with E-state index in [-0.39, 0.29) is 17.6 Å². The lowest BCUT2D eigenvalue weighted by Gasteiger charge is -2.33. The van der Waals surface area contributed by atoms with Crippen molar-refractivity contribution in [3.05, 3.63) is 11.8 Å². The predicted molar refractivity (Wildman–Crippen MR) is 55.2 cm³/mol. The largest absolute Gasteiger partial charge is 0.512 e. The van der Waals surface area contributed by atoms with Crippen LogP contribution in [0.4, 0.5) is 0 Å². The Labute approximate surface area is 89.0 Å². The van der Waals surface area contributed by atoms with Crippen LogP contribution in [0.5, 0.6) is 0 Å². The summed E-state index contributed by atoms with van der Waals surface area (Å²) in [5.74, 6) is -0.150. The number of carbonyl (C=O) groups is 2. The maximum absolute atomic E-state index is 11.5. The summed E-state index contributed by atoms with van der Waals surface area (Å²) < 4.78 is 0. The average molecular weight is 212 g/mol. The number of amides is 2.